The van der Waals surface area contributed by atoms with Crippen molar-refractivity contribution in [1.29, 1.82) is 0 Å². The molecule has 0 atom stereocenters. The van der Waals surface area contributed by atoms with Gasteiger partial charge in [-0.05, 0) is 12.8 Å². The highest BCUT2D eigenvalue weighted by atomic mass is 19.4. The first-order valence-corrected chi connectivity index (χ1v) is 7.02. The number of piperazine rings is 1. The number of nitrogens with zero attached hydrogens (tertiary/aromatic N) is 1. The molecule has 1 heterocycles. The Balaban J connectivity index is 0.000000416. The van der Waals surface area contributed by atoms with Crippen LogP contribution in [0.1, 0.15) is 12.8 Å². The van der Waals surface area contributed by atoms with E-state index in [1.807, 2.05) is 0 Å². The minimum Gasteiger partial charge on any atom is -0.475 e. The minimum atomic E-state index is -5.08. The Labute approximate surface area is 145 Å². The van der Waals surface area contributed by atoms with Gasteiger partial charge in [0.05, 0.1) is 6.54 Å². The number of rotatable bonds is 1. The van der Waals surface area contributed by atoms with E-state index in [0.717, 1.165) is 12.8 Å². The number of alkyl halides is 9. The molecule has 1 aliphatic heterocycles. The molecule has 0 aromatic rings. The monoisotopic (exact) mass is 422 g/mol. The number of aliphatic carboxylic acids is 2. The summed E-state index contributed by atoms with van der Waals surface area (Å²) in [4.78, 5) is 19.3. The summed E-state index contributed by atoms with van der Waals surface area (Å²) in [5.74, 6) is -5.51. The van der Waals surface area contributed by atoms with Gasteiger partial charge in [0.2, 0.25) is 0 Å². The van der Waals surface area contributed by atoms with Gasteiger partial charge in [-0.3, -0.25) is 4.90 Å². The van der Waals surface area contributed by atoms with E-state index in [9.17, 15) is 39.5 Å². The molecule has 6 nitrogen and oxygen atoms in total. The van der Waals surface area contributed by atoms with Gasteiger partial charge in [-0.2, -0.15) is 39.5 Å². The van der Waals surface area contributed by atoms with Gasteiger partial charge in [0.15, 0.2) is 0 Å². The smallest absolute Gasteiger partial charge is 0.475 e. The van der Waals surface area contributed by atoms with Crippen molar-refractivity contribution < 1.29 is 59.3 Å². The lowest BCUT2D eigenvalue weighted by Gasteiger charge is -2.34. The van der Waals surface area contributed by atoms with Gasteiger partial charge in [0.1, 0.15) is 0 Å². The summed E-state index contributed by atoms with van der Waals surface area (Å²) >= 11 is 0. The van der Waals surface area contributed by atoms with E-state index in [-0.39, 0.29) is 5.54 Å². The average Bonchev–Trinajstić information content (AvgIpc) is 3.14. The van der Waals surface area contributed by atoms with Gasteiger partial charge in [-0.15, -0.1) is 0 Å². The number of carboxylic acids is 2. The molecular formula is C12H15F9N2O4. The molecule has 0 amide bonds. The first kappa shape index (κ1) is 25.2. The van der Waals surface area contributed by atoms with E-state index in [0.29, 0.717) is 19.6 Å². The van der Waals surface area contributed by atoms with Crippen LogP contribution in [0.15, 0.2) is 0 Å². The number of halogens is 9. The van der Waals surface area contributed by atoms with Crippen LogP contribution in [0.25, 0.3) is 0 Å². The van der Waals surface area contributed by atoms with Crippen molar-refractivity contribution in [2.75, 3.05) is 26.2 Å². The fraction of sp³-hybridized carbons (Fsp3) is 0.833. The molecule has 1 spiro atoms. The summed E-state index contributed by atoms with van der Waals surface area (Å²) in [6.07, 6.45) is -12.2. The first-order chi connectivity index (χ1) is 11.9. The normalized spacial score (nSPS) is 19.3. The van der Waals surface area contributed by atoms with E-state index in [2.05, 4.69) is 5.32 Å². The zero-order valence-electron chi connectivity index (χ0n) is 13.3. The lowest BCUT2D eigenvalue weighted by atomic mass is 10.2. The summed E-state index contributed by atoms with van der Waals surface area (Å²) in [5.41, 5.74) is 0.0451. The van der Waals surface area contributed by atoms with Crippen LogP contribution in [-0.2, 0) is 9.59 Å². The third-order valence-electron chi connectivity index (χ3n) is 3.20. The van der Waals surface area contributed by atoms with E-state index in [1.165, 1.54) is 4.90 Å². The molecule has 1 saturated heterocycles. The van der Waals surface area contributed by atoms with Crippen LogP contribution >= 0.6 is 0 Å². The number of carbonyl (C=O) groups is 2. The van der Waals surface area contributed by atoms with Crippen molar-refractivity contribution in [1.82, 2.24) is 10.2 Å². The van der Waals surface area contributed by atoms with Crippen molar-refractivity contribution in [3.8, 4) is 0 Å². The zero-order valence-corrected chi connectivity index (χ0v) is 13.3. The van der Waals surface area contributed by atoms with Crippen LogP contribution in [0.5, 0.6) is 0 Å². The number of nitrogens with one attached hydrogen (secondary N) is 1. The first-order valence-electron chi connectivity index (χ1n) is 7.02. The van der Waals surface area contributed by atoms with Crippen molar-refractivity contribution in [2.45, 2.75) is 36.9 Å². The number of carboxylic acid groups (broad SMARTS) is 2. The molecule has 2 fully saturated rings. The van der Waals surface area contributed by atoms with Crippen LogP contribution in [0.4, 0.5) is 39.5 Å². The Morgan fingerprint density at radius 1 is 0.889 bits per heavy atom. The summed E-state index contributed by atoms with van der Waals surface area (Å²) in [5, 5.41) is 17.5. The largest absolute Gasteiger partial charge is 0.490 e. The van der Waals surface area contributed by atoms with Crippen LogP contribution in [0.2, 0.25) is 0 Å². The standard InChI is InChI=1S/C8H13F3N2.2C2HF3O2/c9-8(10,11)6-13-4-3-12-7(5-13)1-2-7;2*3-2(4,5)1(6)7/h12H,1-6H2;2*(H,6,7). The second-order valence-electron chi connectivity index (χ2n) is 5.64. The fourth-order valence-corrected chi connectivity index (χ4v) is 1.92. The van der Waals surface area contributed by atoms with Gasteiger partial charge < -0.3 is 15.5 Å². The molecule has 27 heavy (non-hydrogen) atoms. The molecule has 160 valence electrons. The quantitative estimate of drug-likeness (QED) is 0.562. The molecule has 2 aliphatic rings. The van der Waals surface area contributed by atoms with Gasteiger partial charge in [-0.1, -0.05) is 0 Å². The third-order valence-corrected chi connectivity index (χ3v) is 3.20. The molecule has 15 heteroatoms. The van der Waals surface area contributed by atoms with Crippen LogP contribution < -0.4 is 5.32 Å². The van der Waals surface area contributed by atoms with E-state index >= 15 is 0 Å². The van der Waals surface area contributed by atoms with Crippen LogP contribution in [0.3, 0.4) is 0 Å². The molecule has 0 unspecified atom stereocenters. The Kier molecular flexibility index (Phi) is 8.36. The molecule has 1 saturated carbocycles. The minimum absolute atomic E-state index is 0.0451. The van der Waals surface area contributed by atoms with Crippen LogP contribution in [-0.4, -0.2) is 77.3 Å². The van der Waals surface area contributed by atoms with Crippen molar-refractivity contribution in [2.24, 2.45) is 0 Å². The highest BCUT2D eigenvalue weighted by molar-refractivity contribution is 5.73. The maximum Gasteiger partial charge on any atom is 0.490 e. The molecule has 0 radical (unpaired) electrons. The average molecular weight is 422 g/mol. The zero-order chi connectivity index (χ0) is 21.7. The Bertz CT molecular complexity index is 486. The third kappa shape index (κ3) is 11.5. The molecule has 3 N–H and O–H groups in total. The van der Waals surface area contributed by atoms with E-state index in [4.69, 9.17) is 19.8 Å². The topological polar surface area (TPSA) is 89.9 Å². The summed E-state index contributed by atoms with van der Waals surface area (Å²) in [6.45, 7) is 1.01. The molecule has 2 rings (SSSR count). The molecule has 0 bridgehead atoms. The van der Waals surface area contributed by atoms with Crippen LogP contribution in [0, 0.1) is 0 Å². The Morgan fingerprint density at radius 3 is 1.52 bits per heavy atom. The van der Waals surface area contributed by atoms with Gasteiger partial charge in [0.25, 0.3) is 0 Å². The predicted molar refractivity (Wildman–Crippen MR) is 69.8 cm³/mol. The van der Waals surface area contributed by atoms with Gasteiger partial charge >= 0.3 is 30.5 Å². The Morgan fingerprint density at radius 2 is 1.26 bits per heavy atom. The number of hydrogen-bond acceptors (Lipinski definition) is 4. The maximum atomic E-state index is 12.1. The van der Waals surface area contributed by atoms with Crippen molar-refractivity contribution >= 4 is 11.9 Å². The summed E-state index contributed by atoms with van der Waals surface area (Å²) in [6, 6.07) is 0. The summed E-state index contributed by atoms with van der Waals surface area (Å²) < 4.78 is 99.6. The highest BCUT2D eigenvalue weighted by Gasteiger charge is 2.47. The van der Waals surface area contributed by atoms with Gasteiger partial charge in [0, 0.05) is 25.2 Å². The van der Waals surface area contributed by atoms with Gasteiger partial charge in [-0.25, -0.2) is 9.59 Å². The molecule has 1 aliphatic carbocycles. The molecule has 0 aromatic heterocycles. The molecule has 0 aromatic carbocycles. The fourth-order valence-electron chi connectivity index (χ4n) is 1.92. The predicted octanol–water partition coefficient (Wildman–Crippen LogP) is 2.25. The van der Waals surface area contributed by atoms with E-state index < -0.39 is 37.0 Å². The second kappa shape index (κ2) is 8.95. The Hall–Kier alpha value is -1.77. The second-order valence-corrected chi connectivity index (χ2v) is 5.64. The lowest BCUT2D eigenvalue weighted by Crippen LogP contribution is -2.54. The maximum absolute atomic E-state index is 12.1. The molecular weight excluding hydrogens is 407 g/mol. The highest BCUT2D eigenvalue weighted by Crippen LogP contribution is 2.38. The number of hydrogen-bond donors (Lipinski definition) is 3. The van der Waals surface area contributed by atoms with E-state index in [1.54, 1.807) is 0 Å². The SMILES string of the molecule is FC(F)(F)CN1CCNC2(CC2)C1.O=C(O)C(F)(F)F.O=C(O)C(F)(F)F. The van der Waals surface area contributed by atoms with Crippen molar-refractivity contribution in [3.63, 3.8) is 0 Å². The lowest BCUT2D eigenvalue weighted by molar-refractivity contribution is -0.193. The summed E-state index contributed by atoms with van der Waals surface area (Å²) in [7, 11) is 0. The van der Waals surface area contributed by atoms with Crippen molar-refractivity contribution in [3.05, 3.63) is 0 Å².